The maximum absolute atomic E-state index is 13.5. The maximum atomic E-state index is 13.5. The molecule has 31 heavy (non-hydrogen) atoms. The number of phenolic OH excluding ortho intramolecular Hbond substituents is 2. The van der Waals surface area contributed by atoms with E-state index >= 15 is 0 Å². The minimum absolute atomic E-state index is 0.0134. The van der Waals surface area contributed by atoms with Crippen LogP contribution in [0.25, 0.3) is 0 Å². The molecule has 0 saturated carbocycles. The fraction of sp³-hybridized carbons (Fsp3) is 0.350. The summed E-state index contributed by atoms with van der Waals surface area (Å²) in [7, 11) is -6.25. The number of benzene rings is 2. The van der Waals surface area contributed by atoms with Gasteiger partial charge in [-0.25, -0.2) is 12.8 Å². The van der Waals surface area contributed by atoms with Crippen LogP contribution in [0.4, 0.5) is 13.2 Å². The lowest BCUT2D eigenvalue weighted by Gasteiger charge is -2.31. The Balaban J connectivity index is 2.14. The van der Waals surface area contributed by atoms with E-state index in [4.69, 9.17) is 0 Å². The van der Waals surface area contributed by atoms with E-state index in [1.165, 1.54) is 24.3 Å². The number of esters is 1. The molecule has 0 bridgehead atoms. The quantitative estimate of drug-likeness (QED) is 0.434. The molecule has 1 unspecified atom stereocenters. The number of alkyl halides is 3. The Morgan fingerprint density at radius 1 is 1.03 bits per heavy atom. The Morgan fingerprint density at radius 2 is 1.45 bits per heavy atom. The first-order valence-electron chi connectivity index (χ1n) is 8.99. The molecular formula is C20H20F3O7S-. The number of halogens is 3. The molecule has 0 aliphatic rings. The second kappa shape index (κ2) is 9.15. The molecule has 2 aromatic carbocycles. The predicted octanol–water partition coefficient (Wildman–Crippen LogP) is 3.20. The summed E-state index contributed by atoms with van der Waals surface area (Å²) < 4.78 is 75.5. The highest BCUT2D eigenvalue weighted by molar-refractivity contribution is 7.86. The largest absolute Gasteiger partial charge is 0.743 e. The van der Waals surface area contributed by atoms with E-state index in [1.807, 2.05) is 0 Å². The molecule has 170 valence electrons. The van der Waals surface area contributed by atoms with Gasteiger partial charge in [-0.3, -0.25) is 4.79 Å². The van der Waals surface area contributed by atoms with E-state index in [0.29, 0.717) is 11.1 Å². The topological polar surface area (TPSA) is 124 Å². The van der Waals surface area contributed by atoms with Crippen molar-refractivity contribution in [3.63, 3.8) is 0 Å². The normalized spacial score (nSPS) is 13.6. The van der Waals surface area contributed by atoms with Crippen molar-refractivity contribution in [2.75, 3.05) is 6.61 Å². The monoisotopic (exact) mass is 461 g/mol. The van der Waals surface area contributed by atoms with E-state index in [1.54, 1.807) is 31.2 Å². The van der Waals surface area contributed by atoms with Gasteiger partial charge in [0.2, 0.25) is 6.17 Å². The molecule has 2 rings (SSSR count). The van der Waals surface area contributed by atoms with Gasteiger partial charge in [0.05, 0.1) is 0 Å². The summed E-state index contributed by atoms with van der Waals surface area (Å²) in [5, 5.41) is 13.8. The molecule has 0 amide bonds. The average molecular weight is 461 g/mol. The number of carbonyl (C=O) groups excluding carboxylic acids is 1. The van der Waals surface area contributed by atoms with E-state index in [-0.39, 0.29) is 24.3 Å². The van der Waals surface area contributed by atoms with Gasteiger partial charge in [-0.05, 0) is 41.8 Å². The zero-order valence-corrected chi connectivity index (χ0v) is 17.1. The standard InChI is InChI=1S/C20H21F3O7S/c1-19(13-2-6-15(24)7-3-13,14-4-8-16(25)9-5-14)11-10-18(26)30-12-17(21)20(22,23)31(27,28)29/h2-9,17,24-25H,10-12H2,1H3,(H,27,28,29)/p-1. The molecule has 0 saturated heterocycles. The highest BCUT2D eigenvalue weighted by Gasteiger charge is 2.48. The molecule has 0 radical (unpaired) electrons. The Labute approximate surface area is 176 Å². The number of rotatable bonds is 9. The third-order valence-electron chi connectivity index (χ3n) is 4.93. The van der Waals surface area contributed by atoms with Crippen molar-refractivity contribution in [2.45, 2.75) is 36.6 Å². The lowest BCUT2D eigenvalue weighted by atomic mass is 9.73. The van der Waals surface area contributed by atoms with Crippen LogP contribution in [0.15, 0.2) is 48.5 Å². The summed E-state index contributed by atoms with van der Waals surface area (Å²) >= 11 is 0. The van der Waals surface area contributed by atoms with Gasteiger partial charge in [0.15, 0.2) is 10.1 Å². The molecule has 1 atom stereocenters. The molecular weight excluding hydrogens is 441 g/mol. The zero-order valence-electron chi connectivity index (χ0n) is 16.3. The van der Waals surface area contributed by atoms with E-state index in [0.717, 1.165) is 0 Å². The first-order chi connectivity index (χ1) is 14.3. The van der Waals surface area contributed by atoms with Crippen LogP contribution in [0.5, 0.6) is 11.5 Å². The Hall–Kier alpha value is -2.79. The summed E-state index contributed by atoms with van der Waals surface area (Å²) in [6.07, 6.45) is -3.80. The molecule has 0 aromatic heterocycles. The molecule has 0 fully saturated rings. The van der Waals surface area contributed by atoms with E-state index in [9.17, 15) is 41.1 Å². The van der Waals surface area contributed by atoms with Gasteiger partial charge < -0.3 is 19.5 Å². The average Bonchev–Trinajstić information content (AvgIpc) is 2.70. The van der Waals surface area contributed by atoms with Gasteiger partial charge >= 0.3 is 11.2 Å². The van der Waals surface area contributed by atoms with Crippen LogP contribution >= 0.6 is 0 Å². The van der Waals surface area contributed by atoms with Crippen LogP contribution in [-0.2, 0) is 25.1 Å². The lowest BCUT2D eigenvalue weighted by molar-refractivity contribution is -0.148. The Kier molecular flexibility index (Phi) is 7.22. The minimum Gasteiger partial charge on any atom is -0.743 e. The smallest absolute Gasteiger partial charge is 0.368 e. The van der Waals surface area contributed by atoms with Gasteiger partial charge in [0, 0.05) is 11.8 Å². The number of phenols is 2. The summed E-state index contributed by atoms with van der Waals surface area (Å²) in [6, 6.07) is 12.2. The second-order valence-corrected chi connectivity index (χ2v) is 8.54. The van der Waals surface area contributed by atoms with Crippen molar-refractivity contribution in [3.8, 4) is 11.5 Å². The number of hydrogen-bond acceptors (Lipinski definition) is 7. The third kappa shape index (κ3) is 5.67. The summed E-state index contributed by atoms with van der Waals surface area (Å²) in [5.41, 5.74) is 0.505. The van der Waals surface area contributed by atoms with Crippen LogP contribution in [0.3, 0.4) is 0 Å². The summed E-state index contributed by atoms with van der Waals surface area (Å²) in [5.74, 6) is -1.05. The molecule has 7 nitrogen and oxygen atoms in total. The van der Waals surface area contributed by atoms with Crippen molar-refractivity contribution in [1.82, 2.24) is 0 Å². The predicted molar refractivity (Wildman–Crippen MR) is 102 cm³/mol. The van der Waals surface area contributed by atoms with Crippen molar-refractivity contribution in [2.24, 2.45) is 0 Å². The van der Waals surface area contributed by atoms with Gasteiger partial charge in [-0.2, -0.15) is 8.78 Å². The highest BCUT2D eigenvalue weighted by atomic mass is 32.2. The van der Waals surface area contributed by atoms with Crippen LogP contribution in [0.1, 0.15) is 30.9 Å². The maximum Gasteiger partial charge on any atom is 0.368 e. The number of hydrogen-bond donors (Lipinski definition) is 2. The van der Waals surface area contributed by atoms with Crippen molar-refractivity contribution >= 4 is 16.1 Å². The van der Waals surface area contributed by atoms with E-state index in [2.05, 4.69) is 4.74 Å². The number of aromatic hydroxyl groups is 2. The third-order valence-corrected chi connectivity index (χ3v) is 5.85. The fourth-order valence-electron chi connectivity index (χ4n) is 2.96. The second-order valence-electron chi connectivity index (χ2n) is 7.09. The van der Waals surface area contributed by atoms with Gasteiger partial charge in [-0.15, -0.1) is 0 Å². The Morgan fingerprint density at radius 3 is 1.84 bits per heavy atom. The van der Waals surface area contributed by atoms with Gasteiger partial charge in [0.25, 0.3) is 0 Å². The van der Waals surface area contributed by atoms with Crippen molar-refractivity contribution in [1.29, 1.82) is 0 Å². The molecule has 0 heterocycles. The molecule has 2 N–H and O–H groups in total. The Bertz CT molecular complexity index is 961. The molecule has 11 heteroatoms. The van der Waals surface area contributed by atoms with Crippen molar-refractivity contribution in [3.05, 3.63) is 59.7 Å². The molecule has 0 aliphatic carbocycles. The lowest BCUT2D eigenvalue weighted by Crippen LogP contribution is -2.41. The summed E-state index contributed by atoms with van der Waals surface area (Å²) in [4.78, 5) is 12.0. The highest BCUT2D eigenvalue weighted by Crippen LogP contribution is 2.38. The minimum atomic E-state index is -6.25. The number of carbonyl (C=O) groups is 1. The first kappa shape index (κ1) is 24.5. The van der Waals surface area contributed by atoms with Crippen LogP contribution in [0.2, 0.25) is 0 Å². The van der Waals surface area contributed by atoms with E-state index < -0.39 is 39.5 Å². The van der Waals surface area contributed by atoms with Crippen molar-refractivity contribution < 1.29 is 45.9 Å². The molecule has 2 aromatic rings. The van der Waals surface area contributed by atoms with Crippen LogP contribution < -0.4 is 0 Å². The first-order valence-corrected chi connectivity index (χ1v) is 10.4. The number of ether oxygens (including phenoxy) is 1. The SMILES string of the molecule is CC(CCC(=O)OCC(F)C(F)(F)S(=O)(=O)[O-])(c1ccc(O)cc1)c1ccc(O)cc1. The van der Waals surface area contributed by atoms with Gasteiger partial charge in [0.1, 0.15) is 18.1 Å². The zero-order chi connectivity index (χ0) is 23.4. The summed E-state index contributed by atoms with van der Waals surface area (Å²) in [6.45, 7) is 0.164. The molecule has 0 aliphatic heterocycles. The fourth-order valence-corrected chi connectivity index (χ4v) is 3.34. The van der Waals surface area contributed by atoms with Crippen LogP contribution in [-0.4, -0.2) is 47.2 Å². The van der Waals surface area contributed by atoms with Crippen LogP contribution in [0, 0.1) is 0 Å². The van der Waals surface area contributed by atoms with Gasteiger partial charge in [-0.1, -0.05) is 31.2 Å². The molecule has 0 spiro atoms.